The fourth-order valence-electron chi connectivity index (χ4n) is 4.42. The summed E-state index contributed by atoms with van der Waals surface area (Å²) in [5, 5.41) is 3.02. The van der Waals surface area contributed by atoms with Crippen molar-refractivity contribution in [1.82, 2.24) is 10.2 Å². The van der Waals surface area contributed by atoms with Gasteiger partial charge < -0.3 is 10.2 Å². The highest BCUT2D eigenvalue weighted by molar-refractivity contribution is 6.06. The lowest BCUT2D eigenvalue weighted by Crippen LogP contribution is -3.13. The Morgan fingerprint density at radius 1 is 1.21 bits per heavy atom. The summed E-state index contributed by atoms with van der Waals surface area (Å²) in [6, 6.07) is 8.28. The Balaban J connectivity index is 1.46. The fraction of sp³-hybridized carbons (Fsp3) is 0.579. The van der Waals surface area contributed by atoms with E-state index >= 15 is 0 Å². The van der Waals surface area contributed by atoms with Crippen molar-refractivity contribution in [1.29, 1.82) is 0 Å². The van der Waals surface area contributed by atoms with Crippen molar-refractivity contribution in [3.63, 3.8) is 0 Å². The average Bonchev–Trinajstić information content (AvgIpc) is 2.82. The molecule has 1 aliphatic carbocycles. The number of amides is 3. The van der Waals surface area contributed by atoms with E-state index in [4.69, 9.17) is 0 Å². The van der Waals surface area contributed by atoms with Crippen LogP contribution in [0.4, 0.5) is 4.79 Å². The third kappa shape index (κ3) is 2.61. The molecule has 1 unspecified atom stereocenters. The second-order valence-corrected chi connectivity index (χ2v) is 7.78. The number of hydrogen-bond acceptors (Lipinski definition) is 2. The highest BCUT2D eigenvalue weighted by atomic mass is 16.2. The summed E-state index contributed by atoms with van der Waals surface area (Å²) in [5.41, 5.74) is 2.12. The molecule has 2 N–H and O–H groups in total. The van der Waals surface area contributed by atoms with E-state index in [1.165, 1.54) is 20.9 Å². The Morgan fingerprint density at radius 3 is 2.67 bits per heavy atom. The summed E-state index contributed by atoms with van der Waals surface area (Å²) in [5.74, 6) is 0.657. The molecular weight excluding hydrogens is 302 g/mol. The Morgan fingerprint density at radius 2 is 1.92 bits per heavy atom. The van der Waals surface area contributed by atoms with Gasteiger partial charge in [-0.3, -0.25) is 4.79 Å². The molecule has 1 aromatic rings. The van der Waals surface area contributed by atoms with E-state index in [0.717, 1.165) is 45.2 Å². The Bertz CT molecular complexity index is 664. The Kier molecular flexibility index (Phi) is 3.83. The van der Waals surface area contributed by atoms with Gasteiger partial charge in [-0.2, -0.15) is 0 Å². The van der Waals surface area contributed by atoms with E-state index in [-0.39, 0.29) is 11.9 Å². The lowest BCUT2D eigenvalue weighted by Gasteiger charge is -2.34. The topological polar surface area (TPSA) is 53.9 Å². The molecular formula is C19H26N3O2+. The van der Waals surface area contributed by atoms with E-state index in [9.17, 15) is 9.59 Å². The molecule has 0 radical (unpaired) electrons. The van der Waals surface area contributed by atoms with Gasteiger partial charge in [0.15, 0.2) is 6.67 Å². The third-order valence-electron chi connectivity index (χ3n) is 6.06. The molecule has 1 saturated heterocycles. The zero-order valence-corrected chi connectivity index (χ0v) is 14.3. The zero-order valence-electron chi connectivity index (χ0n) is 14.3. The molecule has 3 amide bonds. The van der Waals surface area contributed by atoms with Gasteiger partial charge in [-0.05, 0) is 37.2 Å². The van der Waals surface area contributed by atoms with Crippen LogP contribution in [0.15, 0.2) is 24.3 Å². The summed E-state index contributed by atoms with van der Waals surface area (Å²) in [4.78, 5) is 28.1. The van der Waals surface area contributed by atoms with Crippen molar-refractivity contribution in [3.8, 4) is 0 Å². The molecule has 24 heavy (non-hydrogen) atoms. The molecule has 1 atom stereocenters. The number of quaternary nitrogens is 1. The third-order valence-corrected chi connectivity index (χ3v) is 6.06. The van der Waals surface area contributed by atoms with Gasteiger partial charge in [0, 0.05) is 12.0 Å². The maximum atomic E-state index is 12.9. The van der Waals surface area contributed by atoms with Gasteiger partial charge in [-0.15, -0.1) is 0 Å². The van der Waals surface area contributed by atoms with Crippen LogP contribution in [-0.4, -0.2) is 35.6 Å². The Hall–Kier alpha value is -1.88. The Labute approximate surface area is 143 Å². The number of nitrogens with zero attached hydrogens (tertiary/aromatic N) is 1. The van der Waals surface area contributed by atoms with E-state index in [1.54, 1.807) is 0 Å². The van der Waals surface area contributed by atoms with Crippen LogP contribution in [0.1, 0.15) is 43.7 Å². The molecule has 5 heteroatoms. The van der Waals surface area contributed by atoms with Crippen LogP contribution in [0.25, 0.3) is 0 Å². The van der Waals surface area contributed by atoms with Crippen molar-refractivity contribution in [2.24, 2.45) is 5.92 Å². The lowest BCUT2D eigenvalue weighted by atomic mass is 9.77. The molecule has 2 fully saturated rings. The monoisotopic (exact) mass is 328 g/mol. The minimum absolute atomic E-state index is 0.00533. The van der Waals surface area contributed by atoms with E-state index in [1.807, 2.05) is 0 Å². The molecule has 2 heterocycles. The smallest absolute Gasteiger partial charge is 0.323 e. The molecule has 2 aliphatic heterocycles. The average molecular weight is 328 g/mol. The van der Waals surface area contributed by atoms with Crippen LogP contribution in [-0.2, 0) is 17.8 Å². The van der Waals surface area contributed by atoms with Crippen molar-refractivity contribution in [3.05, 3.63) is 35.4 Å². The van der Waals surface area contributed by atoms with Crippen LogP contribution in [0, 0.1) is 5.92 Å². The molecule has 1 spiro atoms. The van der Waals surface area contributed by atoms with Gasteiger partial charge in [-0.1, -0.05) is 31.2 Å². The molecule has 3 aliphatic rings. The van der Waals surface area contributed by atoms with E-state index in [2.05, 4.69) is 36.5 Å². The predicted octanol–water partition coefficient (Wildman–Crippen LogP) is 1.09. The molecule has 4 rings (SSSR count). The van der Waals surface area contributed by atoms with Gasteiger partial charge in [0.2, 0.25) is 0 Å². The number of urea groups is 1. The van der Waals surface area contributed by atoms with Crippen LogP contribution >= 0.6 is 0 Å². The molecule has 5 nitrogen and oxygen atoms in total. The van der Waals surface area contributed by atoms with Gasteiger partial charge >= 0.3 is 6.03 Å². The zero-order chi connectivity index (χ0) is 16.7. The number of nitrogens with one attached hydrogen (secondary N) is 2. The number of fused-ring (bicyclic) bond motifs is 1. The van der Waals surface area contributed by atoms with Crippen molar-refractivity contribution in [2.45, 2.75) is 51.1 Å². The summed E-state index contributed by atoms with van der Waals surface area (Å²) in [6.45, 7) is 4.56. The normalized spacial score (nSPS) is 32.8. The second kappa shape index (κ2) is 5.88. The lowest BCUT2D eigenvalue weighted by molar-refractivity contribution is -0.923. The molecule has 1 saturated carbocycles. The number of carbonyl (C=O) groups is 2. The van der Waals surface area contributed by atoms with Crippen LogP contribution < -0.4 is 10.2 Å². The largest absolute Gasteiger partial charge is 0.329 e. The maximum Gasteiger partial charge on any atom is 0.329 e. The van der Waals surface area contributed by atoms with E-state index < -0.39 is 5.54 Å². The van der Waals surface area contributed by atoms with Gasteiger partial charge in [-0.25, -0.2) is 9.69 Å². The molecule has 1 aromatic carbocycles. The predicted molar refractivity (Wildman–Crippen MR) is 90.3 cm³/mol. The first-order chi connectivity index (χ1) is 11.6. The summed E-state index contributed by atoms with van der Waals surface area (Å²) >= 11 is 0. The summed E-state index contributed by atoms with van der Waals surface area (Å²) < 4.78 is 0. The number of benzene rings is 1. The number of imide groups is 1. The van der Waals surface area contributed by atoms with Gasteiger partial charge in [0.05, 0.1) is 6.54 Å². The first kappa shape index (κ1) is 15.6. The van der Waals surface area contributed by atoms with Gasteiger partial charge in [0.1, 0.15) is 12.1 Å². The van der Waals surface area contributed by atoms with Crippen LogP contribution in [0.3, 0.4) is 0 Å². The highest BCUT2D eigenvalue weighted by Gasteiger charge is 2.53. The highest BCUT2D eigenvalue weighted by Crippen LogP contribution is 2.36. The standard InChI is InChI=1S/C19H25N3O2/c1-14-6-9-19(10-7-14)17(23)22(18(24)20-19)13-21-11-8-15-4-2-3-5-16(15)12-21/h2-5,14H,6-13H2,1H3,(H,20,24)/p+1. The minimum atomic E-state index is -0.614. The summed E-state index contributed by atoms with van der Waals surface area (Å²) in [7, 11) is 0. The quantitative estimate of drug-likeness (QED) is 0.799. The fourth-order valence-corrected chi connectivity index (χ4v) is 4.42. The number of hydrogen-bond donors (Lipinski definition) is 2. The minimum Gasteiger partial charge on any atom is -0.323 e. The molecule has 128 valence electrons. The van der Waals surface area contributed by atoms with Crippen LogP contribution in [0.2, 0.25) is 0 Å². The molecule has 0 aromatic heterocycles. The number of carbonyl (C=O) groups excluding carboxylic acids is 2. The van der Waals surface area contributed by atoms with Crippen molar-refractivity contribution < 1.29 is 14.5 Å². The van der Waals surface area contributed by atoms with Crippen LogP contribution in [0.5, 0.6) is 0 Å². The van der Waals surface area contributed by atoms with E-state index in [0.29, 0.717) is 12.6 Å². The molecule has 0 bridgehead atoms. The second-order valence-electron chi connectivity index (χ2n) is 7.78. The van der Waals surface area contributed by atoms with Crippen molar-refractivity contribution in [2.75, 3.05) is 13.2 Å². The SMILES string of the molecule is CC1CCC2(CC1)NC(=O)N(C[NH+]1CCc3ccccc3C1)C2=O. The first-order valence-corrected chi connectivity index (χ1v) is 9.12. The van der Waals surface area contributed by atoms with Crippen molar-refractivity contribution >= 4 is 11.9 Å². The maximum absolute atomic E-state index is 12.9. The number of rotatable bonds is 2. The first-order valence-electron chi connectivity index (χ1n) is 9.12. The summed E-state index contributed by atoms with van der Waals surface area (Å²) in [6.07, 6.45) is 4.62. The van der Waals surface area contributed by atoms with Gasteiger partial charge in [0.25, 0.3) is 5.91 Å².